The Bertz CT molecular complexity index is 936. The summed E-state index contributed by atoms with van der Waals surface area (Å²) in [5.74, 6) is 1.01. The largest absolute Gasteiger partial charge is 0.497 e. The SMILES string of the molecule is COc1ccc(C(C)NC(=O)c2noc(C)c2COc2ccc(F)cc2)cc1. The minimum absolute atomic E-state index is 0.0840. The van der Waals surface area contributed by atoms with Gasteiger partial charge in [-0.3, -0.25) is 4.79 Å². The maximum Gasteiger partial charge on any atom is 0.274 e. The molecule has 0 bridgehead atoms. The van der Waals surface area contributed by atoms with Gasteiger partial charge in [-0.1, -0.05) is 17.3 Å². The molecule has 1 atom stereocenters. The van der Waals surface area contributed by atoms with Crippen LogP contribution < -0.4 is 14.8 Å². The summed E-state index contributed by atoms with van der Waals surface area (Å²) in [5.41, 5.74) is 1.64. The lowest BCUT2D eigenvalue weighted by Crippen LogP contribution is -2.28. The van der Waals surface area contributed by atoms with Crippen molar-refractivity contribution in [3.63, 3.8) is 0 Å². The number of benzene rings is 2. The Morgan fingerprint density at radius 2 is 1.79 bits per heavy atom. The summed E-state index contributed by atoms with van der Waals surface area (Å²) in [6.45, 7) is 3.67. The van der Waals surface area contributed by atoms with Crippen LogP contribution in [0.4, 0.5) is 4.39 Å². The van der Waals surface area contributed by atoms with Gasteiger partial charge in [0, 0.05) is 0 Å². The average molecular weight is 384 g/mol. The number of carbonyl (C=O) groups is 1. The molecule has 28 heavy (non-hydrogen) atoms. The van der Waals surface area contributed by atoms with E-state index < -0.39 is 0 Å². The highest BCUT2D eigenvalue weighted by atomic mass is 19.1. The molecular formula is C21H21FN2O4. The minimum atomic E-state index is -0.363. The number of aryl methyl sites for hydroxylation is 1. The van der Waals surface area contributed by atoms with Crippen molar-refractivity contribution in [1.29, 1.82) is 0 Å². The van der Waals surface area contributed by atoms with Crippen molar-refractivity contribution in [1.82, 2.24) is 10.5 Å². The lowest BCUT2D eigenvalue weighted by Gasteiger charge is -2.14. The molecule has 0 aliphatic heterocycles. The van der Waals surface area contributed by atoms with E-state index in [4.69, 9.17) is 14.0 Å². The number of ether oxygens (including phenoxy) is 2. The molecule has 6 nitrogen and oxygen atoms in total. The maximum atomic E-state index is 13.0. The number of methoxy groups -OCH3 is 1. The molecule has 0 aliphatic carbocycles. The molecule has 0 fully saturated rings. The van der Waals surface area contributed by atoms with Gasteiger partial charge in [-0.05, 0) is 55.8 Å². The lowest BCUT2D eigenvalue weighted by molar-refractivity contribution is 0.0928. The number of nitrogens with zero attached hydrogens (tertiary/aromatic N) is 1. The fraction of sp³-hybridized carbons (Fsp3) is 0.238. The fourth-order valence-corrected chi connectivity index (χ4v) is 2.67. The van der Waals surface area contributed by atoms with Crippen LogP contribution in [0, 0.1) is 12.7 Å². The average Bonchev–Trinajstić information content (AvgIpc) is 3.08. The Kier molecular flexibility index (Phi) is 5.93. The Balaban J connectivity index is 1.68. The van der Waals surface area contributed by atoms with E-state index in [1.807, 2.05) is 31.2 Å². The summed E-state index contributed by atoms with van der Waals surface area (Å²) < 4.78 is 28.9. The van der Waals surface area contributed by atoms with Crippen molar-refractivity contribution in [3.8, 4) is 11.5 Å². The van der Waals surface area contributed by atoms with Gasteiger partial charge < -0.3 is 19.3 Å². The Morgan fingerprint density at radius 3 is 2.43 bits per heavy atom. The number of hydrogen-bond donors (Lipinski definition) is 1. The third-order valence-corrected chi connectivity index (χ3v) is 4.36. The van der Waals surface area contributed by atoms with Gasteiger partial charge in [0.2, 0.25) is 0 Å². The van der Waals surface area contributed by atoms with Gasteiger partial charge in [-0.15, -0.1) is 0 Å². The van der Waals surface area contributed by atoms with Crippen LogP contribution in [0.3, 0.4) is 0 Å². The zero-order valence-electron chi connectivity index (χ0n) is 15.9. The number of hydrogen-bond acceptors (Lipinski definition) is 5. The van der Waals surface area contributed by atoms with Gasteiger partial charge in [0.15, 0.2) is 5.69 Å². The van der Waals surface area contributed by atoms with E-state index in [0.29, 0.717) is 17.1 Å². The van der Waals surface area contributed by atoms with E-state index in [-0.39, 0.29) is 30.1 Å². The van der Waals surface area contributed by atoms with Crippen molar-refractivity contribution in [3.05, 3.63) is 76.9 Å². The number of rotatable bonds is 7. The van der Waals surface area contributed by atoms with Crippen molar-refractivity contribution in [2.75, 3.05) is 7.11 Å². The molecule has 146 valence electrons. The first kappa shape index (κ1) is 19.4. The molecule has 1 amide bonds. The van der Waals surface area contributed by atoms with Crippen molar-refractivity contribution >= 4 is 5.91 Å². The molecule has 3 aromatic rings. The summed E-state index contributed by atoms with van der Waals surface area (Å²) in [6, 6.07) is 12.8. The van der Waals surface area contributed by atoms with Crippen molar-refractivity contribution in [2.24, 2.45) is 0 Å². The molecule has 7 heteroatoms. The van der Waals surface area contributed by atoms with Crippen LogP contribution in [0.2, 0.25) is 0 Å². The molecule has 0 radical (unpaired) electrons. The second kappa shape index (κ2) is 8.56. The second-order valence-electron chi connectivity index (χ2n) is 6.28. The highest BCUT2D eigenvalue weighted by Crippen LogP contribution is 2.21. The van der Waals surface area contributed by atoms with E-state index in [1.165, 1.54) is 24.3 Å². The second-order valence-corrected chi connectivity index (χ2v) is 6.28. The predicted molar refractivity (Wildman–Crippen MR) is 101 cm³/mol. The molecular weight excluding hydrogens is 363 g/mol. The van der Waals surface area contributed by atoms with E-state index in [0.717, 1.165) is 11.3 Å². The van der Waals surface area contributed by atoms with E-state index >= 15 is 0 Å². The number of aromatic nitrogens is 1. The van der Waals surface area contributed by atoms with Crippen LogP contribution in [0.1, 0.15) is 40.3 Å². The van der Waals surface area contributed by atoms with E-state index in [1.54, 1.807) is 14.0 Å². The normalized spacial score (nSPS) is 11.7. The van der Waals surface area contributed by atoms with Crippen LogP contribution in [0.15, 0.2) is 53.1 Å². The van der Waals surface area contributed by atoms with Gasteiger partial charge >= 0.3 is 0 Å². The molecule has 0 spiro atoms. The third-order valence-electron chi connectivity index (χ3n) is 4.36. The van der Waals surface area contributed by atoms with Gasteiger partial charge in [0.1, 0.15) is 29.7 Å². The Labute approximate surface area is 162 Å². The summed E-state index contributed by atoms with van der Waals surface area (Å²) in [5, 5.41) is 6.77. The monoisotopic (exact) mass is 384 g/mol. The standard InChI is InChI=1S/C21H21FN2O4/c1-13(15-4-8-17(26-3)9-5-15)23-21(25)20-19(14(2)28-24-20)12-27-18-10-6-16(22)7-11-18/h4-11,13H,12H2,1-3H3,(H,23,25). The minimum Gasteiger partial charge on any atom is -0.497 e. The van der Waals surface area contributed by atoms with Gasteiger partial charge in [0.25, 0.3) is 5.91 Å². The fourth-order valence-electron chi connectivity index (χ4n) is 2.67. The van der Waals surface area contributed by atoms with Crippen LogP contribution in [0.5, 0.6) is 11.5 Å². The molecule has 0 aliphatic rings. The Morgan fingerprint density at radius 1 is 1.14 bits per heavy atom. The number of halogens is 1. The first-order valence-corrected chi connectivity index (χ1v) is 8.76. The Hall–Kier alpha value is -3.35. The van der Waals surface area contributed by atoms with Crippen LogP contribution >= 0.6 is 0 Å². The zero-order valence-corrected chi connectivity index (χ0v) is 15.9. The van der Waals surface area contributed by atoms with Crippen LogP contribution in [0.25, 0.3) is 0 Å². The summed E-state index contributed by atoms with van der Waals surface area (Å²) in [7, 11) is 1.60. The third kappa shape index (κ3) is 4.49. The highest BCUT2D eigenvalue weighted by Gasteiger charge is 2.22. The lowest BCUT2D eigenvalue weighted by atomic mass is 10.1. The van der Waals surface area contributed by atoms with Gasteiger partial charge in [-0.25, -0.2) is 4.39 Å². The zero-order chi connectivity index (χ0) is 20.1. The van der Waals surface area contributed by atoms with E-state index in [2.05, 4.69) is 10.5 Å². The molecule has 3 rings (SSSR count). The summed E-state index contributed by atoms with van der Waals surface area (Å²) in [4.78, 5) is 12.7. The smallest absolute Gasteiger partial charge is 0.274 e. The number of amides is 1. The van der Waals surface area contributed by atoms with Gasteiger partial charge in [0.05, 0.1) is 18.7 Å². The molecule has 1 heterocycles. The predicted octanol–water partition coefficient (Wildman–Crippen LogP) is 4.20. The van der Waals surface area contributed by atoms with Crippen LogP contribution in [-0.2, 0) is 6.61 Å². The van der Waals surface area contributed by atoms with Crippen LogP contribution in [-0.4, -0.2) is 18.2 Å². The van der Waals surface area contributed by atoms with E-state index in [9.17, 15) is 9.18 Å². The number of nitrogens with one attached hydrogen (secondary N) is 1. The number of carbonyl (C=O) groups excluding carboxylic acids is 1. The molecule has 0 saturated carbocycles. The first-order chi connectivity index (χ1) is 13.5. The molecule has 0 saturated heterocycles. The quantitative estimate of drug-likeness (QED) is 0.661. The molecule has 1 N–H and O–H groups in total. The molecule has 1 aromatic heterocycles. The topological polar surface area (TPSA) is 73.6 Å². The highest BCUT2D eigenvalue weighted by molar-refractivity contribution is 5.94. The molecule has 1 unspecified atom stereocenters. The maximum absolute atomic E-state index is 13.0. The van der Waals surface area contributed by atoms with Crippen molar-refractivity contribution < 1.29 is 23.2 Å². The summed E-state index contributed by atoms with van der Waals surface area (Å²) in [6.07, 6.45) is 0. The van der Waals surface area contributed by atoms with Crippen molar-refractivity contribution in [2.45, 2.75) is 26.5 Å². The summed E-state index contributed by atoms with van der Waals surface area (Å²) >= 11 is 0. The molecule has 2 aromatic carbocycles. The first-order valence-electron chi connectivity index (χ1n) is 8.76. The van der Waals surface area contributed by atoms with Gasteiger partial charge in [-0.2, -0.15) is 0 Å².